The summed E-state index contributed by atoms with van der Waals surface area (Å²) < 4.78 is 29.5. The number of hydrogen-bond acceptors (Lipinski definition) is 2. The van der Waals surface area contributed by atoms with E-state index in [0.717, 1.165) is 22.1 Å². The predicted octanol–water partition coefficient (Wildman–Crippen LogP) is 7.49. The van der Waals surface area contributed by atoms with Gasteiger partial charge in [0, 0.05) is 5.41 Å². The minimum absolute atomic E-state index is 0.0908. The standard InChI is InChI=1S/C51H36B2O2S/c1-51(2)43-31-33(52-45-23-11-7-19-39(45)35-15-3-4-16-36(35)40-20-8-12-24-46(40)52)27-29-49(43)56(54,55)50-30-28-34(32-44(50)51)53-47-25-13-9-21-41(47)37-17-5-6-18-38(37)42-22-10-14-26-48(42)53/h3-32H,1-2H3. The highest BCUT2D eigenvalue weighted by molar-refractivity contribution is 7.91. The van der Waals surface area contributed by atoms with Crippen LogP contribution >= 0.6 is 0 Å². The summed E-state index contributed by atoms with van der Waals surface area (Å²) in [6.45, 7) is 4.21. The van der Waals surface area contributed by atoms with Crippen LogP contribution in [0.15, 0.2) is 192 Å². The van der Waals surface area contributed by atoms with Gasteiger partial charge in [-0.15, -0.1) is 0 Å². The van der Waals surface area contributed by atoms with Crippen molar-refractivity contribution >= 4 is 56.0 Å². The SMILES string of the molecule is CC1(C)c2cc(B3c4ccccc4-c4ccccc4-c4ccccc43)ccc2S(=O)(=O)c2ccc(B3c4ccccc4-c4ccccc4-c4ccccc43)cc21. The monoisotopic (exact) mass is 734 g/mol. The van der Waals surface area contributed by atoms with Crippen LogP contribution in [-0.4, -0.2) is 21.8 Å². The van der Waals surface area contributed by atoms with Crippen LogP contribution in [0.5, 0.6) is 0 Å². The number of sulfone groups is 1. The molecule has 0 atom stereocenters. The van der Waals surface area contributed by atoms with Crippen LogP contribution < -0.4 is 32.8 Å². The van der Waals surface area contributed by atoms with Crippen molar-refractivity contribution in [2.24, 2.45) is 0 Å². The van der Waals surface area contributed by atoms with E-state index in [-0.39, 0.29) is 13.4 Å². The lowest BCUT2D eigenvalue weighted by molar-refractivity contribution is 0.556. The summed E-state index contributed by atoms with van der Waals surface area (Å²) >= 11 is 0. The lowest BCUT2D eigenvalue weighted by atomic mass is 9.35. The molecular formula is C51H36B2O2S. The molecule has 0 amide bonds. The highest BCUT2D eigenvalue weighted by Gasteiger charge is 2.43. The summed E-state index contributed by atoms with van der Waals surface area (Å²) in [5.41, 5.74) is 17.8. The van der Waals surface area contributed by atoms with Gasteiger partial charge in [-0.25, -0.2) is 8.42 Å². The van der Waals surface area contributed by atoms with E-state index in [1.54, 1.807) is 0 Å². The van der Waals surface area contributed by atoms with Crippen molar-refractivity contribution in [1.29, 1.82) is 0 Å². The van der Waals surface area contributed by atoms with Gasteiger partial charge in [0.05, 0.1) is 9.79 Å². The van der Waals surface area contributed by atoms with E-state index < -0.39 is 15.3 Å². The molecule has 0 aromatic heterocycles. The van der Waals surface area contributed by atoms with Crippen molar-refractivity contribution in [2.75, 3.05) is 0 Å². The molecule has 11 rings (SSSR count). The average Bonchev–Trinajstić information content (AvgIpc) is 3.45. The molecule has 3 aliphatic heterocycles. The van der Waals surface area contributed by atoms with Crippen LogP contribution in [0.2, 0.25) is 0 Å². The van der Waals surface area contributed by atoms with E-state index >= 15 is 0 Å². The van der Waals surface area contributed by atoms with Gasteiger partial charge >= 0.3 is 0 Å². The van der Waals surface area contributed by atoms with Crippen LogP contribution in [0, 0.1) is 0 Å². The Morgan fingerprint density at radius 2 is 0.625 bits per heavy atom. The van der Waals surface area contributed by atoms with Gasteiger partial charge in [-0.3, -0.25) is 0 Å². The predicted molar refractivity (Wildman–Crippen MR) is 234 cm³/mol. The third kappa shape index (κ3) is 4.67. The van der Waals surface area contributed by atoms with Crippen LogP contribution in [-0.2, 0) is 15.3 Å². The highest BCUT2D eigenvalue weighted by atomic mass is 32.2. The van der Waals surface area contributed by atoms with Crippen molar-refractivity contribution in [1.82, 2.24) is 0 Å². The molecule has 0 N–H and O–H groups in total. The quantitative estimate of drug-likeness (QED) is 0.173. The van der Waals surface area contributed by atoms with Crippen molar-refractivity contribution in [3.05, 3.63) is 193 Å². The second-order valence-corrected chi connectivity index (χ2v) is 17.8. The molecule has 264 valence electrons. The molecule has 2 nitrogen and oxygen atoms in total. The molecule has 0 aliphatic carbocycles. The Hall–Kier alpha value is -6.16. The fourth-order valence-electron chi connectivity index (χ4n) is 10.1. The average molecular weight is 735 g/mol. The Bertz CT molecular complexity index is 2720. The summed E-state index contributed by atoms with van der Waals surface area (Å²) in [4.78, 5) is 0.788. The smallest absolute Gasteiger partial charge is 0.218 e. The van der Waals surface area contributed by atoms with Gasteiger partial charge in [0.25, 0.3) is 0 Å². The topological polar surface area (TPSA) is 34.1 Å². The first-order chi connectivity index (χ1) is 27.3. The minimum Gasteiger partial charge on any atom is -0.218 e. The van der Waals surface area contributed by atoms with Crippen molar-refractivity contribution in [2.45, 2.75) is 29.1 Å². The maximum atomic E-state index is 14.8. The largest absolute Gasteiger partial charge is 0.242 e. The molecular weight excluding hydrogens is 698 g/mol. The molecule has 8 aromatic rings. The molecule has 8 aromatic carbocycles. The van der Waals surface area contributed by atoms with Gasteiger partial charge in [0.2, 0.25) is 23.3 Å². The second kappa shape index (κ2) is 12.2. The summed E-state index contributed by atoms with van der Waals surface area (Å²) in [6, 6.07) is 64.3. The third-order valence-electron chi connectivity index (χ3n) is 12.7. The fraction of sp³-hybridized carbons (Fsp3) is 0.0588. The maximum absolute atomic E-state index is 14.8. The van der Waals surface area contributed by atoms with Crippen molar-refractivity contribution in [3.8, 4) is 44.5 Å². The van der Waals surface area contributed by atoms with Gasteiger partial charge in [-0.2, -0.15) is 0 Å². The Morgan fingerprint density at radius 3 is 0.929 bits per heavy atom. The molecule has 0 spiro atoms. The molecule has 5 heteroatoms. The fourth-order valence-corrected chi connectivity index (χ4v) is 12.0. The molecule has 0 fully saturated rings. The molecule has 0 saturated heterocycles. The Balaban J connectivity index is 1.11. The zero-order chi connectivity index (χ0) is 37.8. The second-order valence-electron chi connectivity index (χ2n) is 15.9. The van der Waals surface area contributed by atoms with Gasteiger partial charge in [0.1, 0.15) is 0 Å². The van der Waals surface area contributed by atoms with Crippen molar-refractivity contribution < 1.29 is 8.42 Å². The molecule has 3 heterocycles. The zero-order valence-corrected chi connectivity index (χ0v) is 32.0. The molecule has 3 aliphatic rings. The van der Waals surface area contributed by atoms with E-state index in [1.807, 2.05) is 12.1 Å². The summed E-state index contributed by atoms with van der Waals surface area (Å²) in [6.07, 6.45) is 0. The van der Waals surface area contributed by atoms with E-state index in [1.165, 1.54) is 66.4 Å². The normalized spacial score (nSPS) is 15.0. The first-order valence-electron chi connectivity index (χ1n) is 19.4. The summed E-state index contributed by atoms with van der Waals surface area (Å²) in [5, 5.41) is 0. The van der Waals surface area contributed by atoms with Gasteiger partial charge < -0.3 is 0 Å². The number of benzene rings is 8. The molecule has 0 bridgehead atoms. The first-order valence-corrected chi connectivity index (χ1v) is 20.9. The maximum Gasteiger partial charge on any atom is 0.242 e. The van der Waals surface area contributed by atoms with E-state index in [2.05, 4.69) is 184 Å². The number of rotatable bonds is 2. The van der Waals surface area contributed by atoms with Crippen LogP contribution in [0.25, 0.3) is 44.5 Å². The Labute approximate surface area is 329 Å². The lowest BCUT2D eigenvalue weighted by Crippen LogP contribution is -2.53. The van der Waals surface area contributed by atoms with Crippen LogP contribution in [0.3, 0.4) is 0 Å². The highest BCUT2D eigenvalue weighted by Crippen LogP contribution is 2.45. The lowest BCUT2D eigenvalue weighted by Gasteiger charge is -2.36. The molecule has 0 saturated carbocycles. The summed E-state index contributed by atoms with van der Waals surface area (Å²) in [7, 11) is -3.81. The first kappa shape index (κ1) is 33.2. The zero-order valence-electron chi connectivity index (χ0n) is 31.2. The Kier molecular flexibility index (Phi) is 7.21. The summed E-state index contributed by atoms with van der Waals surface area (Å²) in [5.74, 6) is 0. The van der Waals surface area contributed by atoms with Gasteiger partial charge in [-0.1, -0.05) is 216 Å². The van der Waals surface area contributed by atoms with E-state index in [9.17, 15) is 8.42 Å². The molecule has 0 unspecified atom stereocenters. The number of fused-ring (bicyclic) bond motifs is 12. The Morgan fingerprint density at radius 1 is 0.357 bits per heavy atom. The van der Waals surface area contributed by atoms with Crippen LogP contribution in [0.4, 0.5) is 0 Å². The van der Waals surface area contributed by atoms with E-state index in [4.69, 9.17) is 0 Å². The third-order valence-corrected chi connectivity index (χ3v) is 14.6. The molecule has 0 radical (unpaired) electrons. The molecule has 56 heavy (non-hydrogen) atoms. The van der Waals surface area contributed by atoms with Gasteiger partial charge in [-0.05, 0) is 67.8 Å². The number of hydrogen-bond donors (Lipinski definition) is 0. The van der Waals surface area contributed by atoms with Crippen LogP contribution in [0.1, 0.15) is 25.0 Å². The minimum atomic E-state index is -3.81. The van der Waals surface area contributed by atoms with E-state index in [0.29, 0.717) is 9.79 Å². The van der Waals surface area contributed by atoms with Gasteiger partial charge in [0.15, 0.2) is 0 Å². The van der Waals surface area contributed by atoms with Crippen molar-refractivity contribution in [3.63, 3.8) is 0 Å².